The Morgan fingerprint density at radius 1 is 1.46 bits per heavy atom. The molecule has 1 aromatic rings. The zero-order valence-electron chi connectivity index (χ0n) is 5.93. The molecule has 0 saturated carbocycles. The Bertz CT molecular complexity index is 339. The molecule has 0 heterocycles. The van der Waals surface area contributed by atoms with Gasteiger partial charge in [0, 0.05) is 12.1 Å². The van der Waals surface area contributed by atoms with Crippen LogP contribution >= 0.6 is 0 Å². The summed E-state index contributed by atoms with van der Waals surface area (Å²) in [6, 6.07) is 3.26. The first-order valence-electron chi connectivity index (χ1n) is 3.07. The van der Waals surface area contributed by atoms with Gasteiger partial charge in [-0.25, -0.2) is 0 Å². The van der Waals surface area contributed by atoms with Crippen LogP contribution in [0.4, 0.5) is 5.69 Å². The first-order valence-corrected chi connectivity index (χ1v) is 3.07. The molecule has 0 atom stereocenters. The van der Waals surface area contributed by atoms with Gasteiger partial charge in [0.2, 0.25) is 0 Å². The molecule has 6 heteroatoms. The Morgan fingerprint density at radius 2 is 2.08 bits per heavy atom. The maximum atomic E-state index is 10.2. The van der Waals surface area contributed by atoms with Gasteiger partial charge in [-0.15, -0.1) is 0 Å². The fraction of sp³-hybridized carbons (Fsp3) is 0. The molecule has 0 aromatic heterocycles. The number of non-ortho nitro benzene ring substituents is 1. The van der Waals surface area contributed by atoms with E-state index >= 15 is 0 Å². The number of hydrogen-bond acceptors (Lipinski definition) is 4. The van der Waals surface area contributed by atoms with E-state index in [1.165, 1.54) is 0 Å². The van der Waals surface area contributed by atoms with Gasteiger partial charge in [-0.1, -0.05) is 0 Å². The Labute approximate surface area is 95.8 Å². The third-order valence-corrected chi connectivity index (χ3v) is 1.35. The molecule has 64 valence electrons. The minimum atomic E-state index is -0.633. The monoisotopic (exact) mass is 191 g/mol. The topological polar surface area (TPSA) is 80.4 Å². The van der Waals surface area contributed by atoms with E-state index < -0.39 is 4.92 Å². The molecule has 0 aliphatic heterocycles. The first kappa shape index (κ1) is 12.1. The van der Waals surface area contributed by atoms with Crippen molar-refractivity contribution in [3.05, 3.63) is 33.9 Å². The molecule has 13 heavy (non-hydrogen) atoms. The van der Waals surface area contributed by atoms with Gasteiger partial charge < -0.3 is 5.11 Å². The number of rotatable bonds is 2. The van der Waals surface area contributed by atoms with E-state index in [2.05, 4.69) is 0 Å². The van der Waals surface area contributed by atoms with Crippen molar-refractivity contribution in [2.45, 2.75) is 0 Å². The number of hydrogen-bond donors (Lipinski definition) is 1. The molecule has 0 bridgehead atoms. The summed E-state index contributed by atoms with van der Waals surface area (Å²) < 4.78 is 0. The van der Waals surface area contributed by atoms with Crippen LogP contribution in [0.5, 0.6) is 5.75 Å². The zero-order valence-corrected chi connectivity index (χ0v) is 5.93. The van der Waals surface area contributed by atoms with Crippen LogP contribution in [0.1, 0.15) is 10.4 Å². The average molecular weight is 191 g/mol. The van der Waals surface area contributed by atoms with E-state index in [0.717, 1.165) is 18.2 Å². The molecule has 1 aromatic carbocycles. The summed E-state index contributed by atoms with van der Waals surface area (Å²) in [5.74, 6) is -0.254. The maximum absolute atomic E-state index is 10.2. The first-order chi connectivity index (χ1) is 5.65. The molecule has 0 spiro atoms. The van der Waals surface area contributed by atoms with Crippen LogP contribution < -0.4 is 0 Å². The summed E-state index contributed by atoms with van der Waals surface area (Å²) in [6.45, 7) is 0. The van der Waals surface area contributed by atoms with Crippen LogP contribution in [0.2, 0.25) is 0 Å². The summed E-state index contributed by atoms with van der Waals surface area (Å²) in [7, 11) is 0. The molecule has 5 nitrogen and oxygen atoms in total. The summed E-state index contributed by atoms with van der Waals surface area (Å²) in [4.78, 5) is 19.8. The van der Waals surface area contributed by atoms with Crippen molar-refractivity contribution in [2.24, 2.45) is 0 Å². The zero-order chi connectivity index (χ0) is 9.14. The van der Waals surface area contributed by atoms with Crippen LogP contribution in [0.3, 0.4) is 0 Å². The Balaban J connectivity index is 0.00000144. The number of aromatic hydroxyl groups is 1. The summed E-state index contributed by atoms with van der Waals surface area (Å²) in [5.41, 5.74) is -0.292. The molecule has 0 unspecified atom stereocenters. The second-order valence-electron chi connectivity index (χ2n) is 2.12. The number of nitro benzene ring substituents is 1. The molecule has 0 radical (unpaired) electrons. The van der Waals surface area contributed by atoms with Gasteiger partial charge >= 0.3 is 29.6 Å². The summed E-state index contributed by atoms with van der Waals surface area (Å²) in [6.07, 6.45) is 0.363. The van der Waals surface area contributed by atoms with Crippen LogP contribution in [-0.2, 0) is 0 Å². The Kier molecular flexibility index (Phi) is 4.61. The van der Waals surface area contributed by atoms with Crippen molar-refractivity contribution in [3.63, 3.8) is 0 Å². The number of phenolic OH excluding ortho intramolecular Hbond substituents is 1. The van der Waals surface area contributed by atoms with Gasteiger partial charge in [0.15, 0.2) is 6.29 Å². The number of carbonyl (C=O) groups is 1. The fourth-order valence-corrected chi connectivity index (χ4v) is 0.750. The van der Waals surface area contributed by atoms with Gasteiger partial charge in [0.05, 0.1) is 10.5 Å². The van der Waals surface area contributed by atoms with Crippen molar-refractivity contribution in [1.82, 2.24) is 0 Å². The van der Waals surface area contributed by atoms with E-state index in [0.29, 0.717) is 6.29 Å². The summed E-state index contributed by atoms with van der Waals surface area (Å²) in [5, 5.41) is 19.2. The van der Waals surface area contributed by atoms with Gasteiger partial charge in [-0.05, 0) is 6.07 Å². The van der Waals surface area contributed by atoms with E-state index in [1.807, 2.05) is 0 Å². The Morgan fingerprint density at radius 3 is 2.54 bits per heavy atom. The predicted octanol–water partition coefficient (Wildman–Crippen LogP) is 0.464. The average Bonchev–Trinajstić information content (AvgIpc) is 2.05. The SMILES string of the molecule is O=Cc1cc([N+](=O)[O-])ccc1O.[NaH]. The van der Waals surface area contributed by atoms with Gasteiger partial charge in [-0.2, -0.15) is 0 Å². The number of carbonyl (C=O) groups excluding carboxylic acids is 1. The minimum absolute atomic E-state index is 0. The molecule has 0 fully saturated rings. The second kappa shape index (κ2) is 4.96. The second-order valence-corrected chi connectivity index (χ2v) is 2.12. The van der Waals surface area contributed by atoms with E-state index in [1.54, 1.807) is 0 Å². The number of benzene rings is 1. The molecule has 0 amide bonds. The van der Waals surface area contributed by atoms with Crippen LogP contribution in [0.15, 0.2) is 18.2 Å². The van der Waals surface area contributed by atoms with E-state index in [9.17, 15) is 14.9 Å². The van der Waals surface area contributed by atoms with Crippen LogP contribution in [0, 0.1) is 10.1 Å². The predicted molar refractivity (Wildman–Crippen MR) is 47.3 cm³/mol. The molecule has 0 saturated heterocycles. The van der Waals surface area contributed by atoms with Crippen LogP contribution in [-0.4, -0.2) is 45.9 Å². The molecule has 1 rings (SSSR count). The van der Waals surface area contributed by atoms with E-state index in [4.69, 9.17) is 5.11 Å². The standard InChI is InChI=1S/C7H5NO4.Na.H/c9-4-5-3-6(8(11)12)1-2-7(5)10;;/h1-4,10H;;. The molecule has 0 aliphatic rings. The van der Waals surface area contributed by atoms with Gasteiger partial charge in [0.1, 0.15) is 5.75 Å². The third kappa shape index (κ3) is 2.80. The number of nitrogens with zero attached hydrogens (tertiary/aromatic N) is 1. The van der Waals surface area contributed by atoms with Crippen molar-refractivity contribution < 1.29 is 14.8 Å². The van der Waals surface area contributed by atoms with Gasteiger partial charge in [-0.3, -0.25) is 14.9 Å². The number of aldehydes is 1. The number of phenols is 1. The molecular formula is C7H6NNaO4. The van der Waals surface area contributed by atoms with Crippen molar-refractivity contribution in [1.29, 1.82) is 0 Å². The molecule has 1 N–H and O–H groups in total. The quantitative estimate of drug-likeness (QED) is 0.319. The van der Waals surface area contributed by atoms with Crippen molar-refractivity contribution >= 4 is 41.5 Å². The summed E-state index contributed by atoms with van der Waals surface area (Å²) >= 11 is 0. The van der Waals surface area contributed by atoms with E-state index in [-0.39, 0.29) is 46.6 Å². The number of nitro groups is 1. The third-order valence-electron chi connectivity index (χ3n) is 1.35. The molecule has 0 aliphatic carbocycles. The van der Waals surface area contributed by atoms with Crippen LogP contribution in [0.25, 0.3) is 0 Å². The van der Waals surface area contributed by atoms with Gasteiger partial charge in [0.25, 0.3) is 5.69 Å². The molecular weight excluding hydrogens is 185 g/mol. The van der Waals surface area contributed by atoms with Crippen molar-refractivity contribution in [3.8, 4) is 5.75 Å². The normalized spacial score (nSPS) is 8.62. The Hall–Kier alpha value is -0.910. The van der Waals surface area contributed by atoms with Crippen molar-refractivity contribution in [2.75, 3.05) is 0 Å². The fourth-order valence-electron chi connectivity index (χ4n) is 0.750.